The molecule has 1 unspecified atom stereocenters. The molecule has 1 rings (SSSR count). The van der Waals surface area contributed by atoms with Crippen molar-refractivity contribution in [2.24, 2.45) is 17.3 Å². The molecule has 0 N–H and O–H groups in total. The van der Waals surface area contributed by atoms with Crippen LogP contribution in [0.5, 0.6) is 0 Å². The largest absolute Gasteiger partial charge is 0.384 e. The fourth-order valence-corrected chi connectivity index (χ4v) is 3.47. The van der Waals surface area contributed by atoms with E-state index in [1.54, 1.807) is 0 Å². The molecule has 1 atom stereocenters. The molecule has 2 nitrogen and oxygen atoms in total. The van der Waals surface area contributed by atoms with E-state index in [2.05, 4.69) is 32.8 Å². The zero-order valence-electron chi connectivity index (χ0n) is 11.8. The second-order valence-electron chi connectivity index (χ2n) is 6.04. The first kappa shape index (κ1) is 14.0. The number of ether oxygens (including phenoxy) is 1. The Labute approximate surface area is 101 Å². The van der Waals surface area contributed by atoms with Gasteiger partial charge in [-0.3, -0.25) is 0 Å². The molecular weight excluding hydrogens is 198 g/mol. The lowest BCUT2D eigenvalue weighted by Gasteiger charge is -2.44. The molecule has 1 saturated carbocycles. The first-order valence-corrected chi connectivity index (χ1v) is 6.66. The summed E-state index contributed by atoms with van der Waals surface area (Å²) in [6.07, 6.45) is 5.62. The first-order valence-electron chi connectivity index (χ1n) is 6.66. The standard InChI is InChI=1S/C14H29NO/c1-12(2)14(11-16-5,10-15(3)4)13-8-6-7-9-13/h12-13H,6-11H2,1-5H3. The van der Waals surface area contributed by atoms with Crippen LogP contribution in [0.4, 0.5) is 0 Å². The second-order valence-corrected chi connectivity index (χ2v) is 6.04. The van der Waals surface area contributed by atoms with Crippen molar-refractivity contribution < 1.29 is 4.74 Å². The van der Waals surface area contributed by atoms with Crippen LogP contribution in [0.3, 0.4) is 0 Å². The minimum atomic E-state index is 0.356. The monoisotopic (exact) mass is 227 g/mol. The van der Waals surface area contributed by atoms with Gasteiger partial charge in [-0.1, -0.05) is 26.7 Å². The number of hydrogen-bond donors (Lipinski definition) is 0. The molecule has 0 aliphatic heterocycles. The fraction of sp³-hybridized carbons (Fsp3) is 1.00. The van der Waals surface area contributed by atoms with E-state index in [0.29, 0.717) is 11.3 Å². The van der Waals surface area contributed by atoms with E-state index >= 15 is 0 Å². The molecule has 0 bridgehead atoms. The predicted octanol–water partition coefficient (Wildman–Crippen LogP) is 3.03. The van der Waals surface area contributed by atoms with E-state index in [-0.39, 0.29) is 0 Å². The molecule has 0 amide bonds. The Morgan fingerprint density at radius 2 is 1.81 bits per heavy atom. The van der Waals surface area contributed by atoms with Crippen molar-refractivity contribution in [3.05, 3.63) is 0 Å². The van der Waals surface area contributed by atoms with Crippen LogP contribution in [0.2, 0.25) is 0 Å². The summed E-state index contributed by atoms with van der Waals surface area (Å²) in [5.74, 6) is 1.55. The van der Waals surface area contributed by atoms with Crippen LogP contribution >= 0.6 is 0 Å². The highest BCUT2D eigenvalue weighted by Crippen LogP contribution is 2.45. The lowest BCUT2D eigenvalue weighted by atomic mass is 9.67. The third-order valence-electron chi connectivity index (χ3n) is 4.34. The van der Waals surface area contributed by atoms with Gasteiger partial charge in [-0.05, 0) is 38.8 Å². The Bertz CT molecular complexity index is 197. The summed E-state index contributed by atoms with van der Waals surface area (Å²) >= 11 is 0. The first-order chi connectivity index (χ1) is 7.53. The van der Waals surface area contributed by atoms with Gasteiger partial charge < -0.3 is 9.64 Å². The average Bonchev–Trinajstić information content (AvgIpc) is 2.68. The van der Waals surface area contributed by atoms with Crippen LogP contribution in [-0.4, -0.2) is 39.3 Å². The van der Waals surface area contributed by atoms with Crippen molar-refractivity contribution in [3.63, 3.8) is 0 Å². The van der Waals surface area contributed by atoms with Gasteiger partial charge in [0.25, 0.3) is 0 Å². The van der Waals surface area contributed by atoms with E-state index in [1.165, 1.54) is 25.7 Å². The van der Waals surface area contributed by atoms with Crippen LogP contribution in [0, 0.1) is 17.3 Å². The summed E-state index contributed by atoms with van der Waals surface area (Å²) in [6.45, 7) is 6.79. The molecule has 0 saturated heterocycles. The predicted molar refractivity (Wildman–Crippen MR) is 69.7 cm³/mol. The highest BCUT2D eigenvalue weighted by Gasteiger charge is 2.42. The summed E-state index contributed by atoms with van der Waals surface area (Å²) in [4.78, 5) is 2.33. The molecule has 2 heteroatoms. The lowest BCUT2D eigenvalue weighted by Crippen LogP contribution is -2.46. The summed E-state index contributed by atoms with van der Waals surface area (Å²) in [6, 6.07) is 0. The lowest BCUT2D eigenvalue weighted by molar-refractivity contribution is -0.0232. The maximum atomic E-state index is 5.56. The van der Waals surface area contributed by atoms with E-state index in [1.807, 2.05) is 7.11 Å². The van der Waals surface area contributed by atoms with Gasteiger partial charge in [0.15, 0.2) is 0 Å². The fourth-order valence-electron chi connectivity index (χ4n) is 3.47. The van der Waals surface area contributed by atoms with Crippen molar-refractivity contribution in [1.29, 1.82) is 0 Å². The SMILES string of the molecule is COCC(CN(C)C)(C(C)C)C1CCCC1. The molecular formula is C14H29NO. The Balaban J connectivity index is 2.84. The summed E-state index contributed by atoms with van der Waals surface area (Å²) in [5.41, 5.74) is 0.356. The Kier molecular flexibility index (Phi) is 5.26. The van der Waals surface area contributed by atoms with Crippen LogP contribution in [0.15, 0.2) is 0 Å². The zero-order valence-corrected chi connectivity index (χ0v) is 11.8. The van der Waals surface area contributed by atoms with Crippen molar-refractivity contribution in [1.82, 2.24) is 4.90 Å². The van der Waals surface area contributed by atoms with Crippen molar-refractivity contribution in [2.45, 2.75) is 39.5 Å². The smallest absolute Gasteiger partial charge is 0.0536 e. The molecule has 96 valence electrons. The number of nitrogens with zero attached hydrogens (tertiary/aromatic N) is 1. The Hall–Kier alpha value is -0.0800. The number of methoxy groups -OCH3 is 1. The molecule has 0 spiro atoms. The van der Waals surface area contributed by atoms with Gasteiger partial charge >= 0.3 is 0 Å². The van der Waals surface area contributed by atoms with Crippen LogP contribution in [0.1, 0.15) is 39.5 Å². The van der Waals surface area contributed by atoms with Gasteiger partial charge in [-0.25, -0.2) is 0 Å². The normalized spacial score (nSPS) is 21.9. The summed E-state index contributed by atoms with van der Waals surface area (Å²) < 4.78 is 5.56. The van der Waals surface area contributed by atoms with E-state index in [0.717, 1.165) is 19.1 Å². The highest BCUT2D eigenvalue weighted by atomic mass is 16.5. The average molecular weight is 227 g/mol. The third kappa shape index (κ3) is 2.98. The maximum Gasteiger partial charge on any atom is 0.0536 e. The van der Waals surface area contributed by atoms with Gasteiger partial charge in [0.2, 0.25) is 0 Å². The molecule has 1 aliphatic rings. The molecule has 0 aromatic heterocycles. The van der Waals surface area contributed by atoms with Crippen molar-refractivity contribution in [3.8, 4) is 0 Å². The van der Waals surface area contributed by atoms with Crippen molar-refractivity contribution in [2.75, 3.05) is 34.4 Å². The molecule has 1 aliphatic carbocycles. The molecule has 16 heavy (non-hydrogen) atoms. The van der Waals surface area contributed by atoms with Crippen molar-refractivity contribution >= 4 is 0 Å². The second kappa shape index (κ2) is 6.02. The van der Waals surface area contributed by atoms with Crippen LogP contribution in [0.25, 0.3) is 0 Å². The zero-order chi connectivity index (χ0) is 12.2. The Morgan fingerprint density at radius 3 is 2.19 bits per heavy atom. The molecule has 0 radical (unpaired) electrons. The van der Waals surface area contributed by atoms with E-state index < -0.39 is 0 Å². The summed E-state index contributed by atoms with van der Waals surface area (Å²) in [5, 5.41) is 0. The van der Waals surface area contributed by atoms with Gasteiger partial charge in [0.1, 0.15) is 0 Å². The van der Waals surface area contributed by atoms with Crippen LogP contribution in [-0.2, 0) is 4.74 Å². The number of rotatable bonds is 6. The van der Waals surface area contributed by atoms with Gasteiger partial charge in [-0.2, -0.15) is 0 Å². The quantitative estimate of drug-likeness (QED) is 0.691. The minimum Gasteiger partial charge on any atom is -0.384 e. The highest BCUT2D eigenvalue weighted by molar-refractivity contribution is 4.93. The topological polar surface area (TPSA) is 12.5 Å². The number of hydrogen-bond acceptors (Lipinski definition) is 2. The minimum absolute atomic E-state index is 0.356. The molecule has 1 fully saturated rings. The molecule has 0 aromatic rings. The van der Waals surface area contributed by atoms with E-state index in [9.17, 15) is 0 Å². The molecule has 0 heterocycles. The van der Waals surface area contributed by atoms with Crippen LogP contribution < -0.4 is 0 Å². The summed E-state index contributed by atoms with van der Waals surface area (Å²) in [7, 11) is 6.21. The maximum absolute atomic E-state index is 5.56. The molecule has 0 aromatic carbocycles. The third-order valence-corrected chi connectivity index (χ3v) is 4.34. The van der Waals surface area contributed by atoms with Gasteiger partial charge in [-0.15, -0.1) is 0 Å². The van der Waals surface area contributed by atoms with E-state index in [4.69, 9.17) is 4.74 Å². The van der Waals surface area contributed by atoms with Gasteiger partial charge in [0.05, 0.1) is 6.61 Å². The van der Waals surface area contributed by atoms with Gasteiger partial charge in [0, 0.05) is 19.1 Å². The Morgan fingerprint density at radius 1 is 1.25 bits per heavy atom.